The fourth-order valence-corrected chi connectivity index (χ4v) is 3.45. The third kappa shape index (κ3) is 2.82. The molecule has 2 fully saturated rings. The fourth-order valence-electron chi connectivity index (χ4n) is 3.32. The van der Waals surface area contributed by atoms with E-state index in [-0.39, 0.29) is 11.8 Å². The normalized spacial score (nSPS) is 18.7. The SMILES string of the molecule is O=C1NC(=O)C2(CCN(C(=O)c3cnn(-c4ccc(Cl)cc4)c3)CC2)N1. The zero-order valence-corrected chi connectivity index (χ0v) is 14.5. The highest BCUT2D eigenvalue weighted by atomic mass is 35.5. The summed E-state index contributed by atoms with van der Waals surface area (Å²) in [5.41, 5.74) is 0.383. The van der Waals surface area contributed by atoms with E-state index >= 15 is 0 Å². The van der Waals surface area contributed by atoms with E-state index in [1.54, 1.807) is 27.9 Å². The maximum absolute atomic E-state index is 12.7. The first-order chi connectivity index (χ1) is 12.5. The molecule has 2 aliphatic rings. The number of nitrogens with one attached hydrogen (secondary N) is 2. The van der Waals surface area contributed by atoms with Crippen LogP contribution in [0.2, 0.25) is 5.02 Å². The van der Waals surface area contributed by atoms with Crippen molar-refractivity contribution in [3.63, 3.8) is 0 Å². The lowest BCUT2D eigenvalue weighted by atomic mass is 9.87. The molecule has 1 aromatic carbocycles. The van der Waals surface area contributed by atoms with Crippen molar-refractivity contribution in [3.05, 3.63) is 47.2 Å². The van der Waals surface area contributed by atoms with E-state index in [0.717, 1.165) is 5.69 Å². The number of hydrogen-bond donors (Lipinski definition) is 2. The predicted molar refractivity (Wildman–Crippen MR) is 93.1 cm³/mol. The van der Waals surface area contributed by atoms with E-state index in [4.69, 9.17) is 11.6 Å². The molecule has 0 bridgehead atoms. The number of nitrogens with zero attached hydrogens (tertiary/aromatic N) is 3. The Bertz CT molecular complexity index is 884. The van der Waals surface area contributed by atoms with Crippen LogP contribution in [-0.2, 0) is 4.79 Å². The summed E-state index contributed by atoms with van der Waals surface area (Å²) in [5.74, 6) is -0.463. The van der Waals surface area contributed by atoms with Gasteiger partial charge in [0.25, 0.3) is 11.8 Å². The first-order valence-corrected chi connectivity index (χ1v) is 8.58. The summed E-state index contributed by atoms with van der Waals surface area (Å²) in [6.07, 6.45) is 3.97. The fraction of sp³-hybridized carbons (Fsp3) is 0.294. The number of amides is 4. The Morgan fingerprint density at radius 1 is 1.15 bits per heavy atom. The highest BCUT2D eigenvalue weighted by molar-refractivity contribution is 6.30. The molecule has 134 valence electrons. The molecule has 1 aromatic heterocycles. The van der Waals surface area contributed by atoms with Crippen LogP contribution in [0.15, 0.2) is 36.7 Å². The van der Waals surface area contributed by atoms with Gasteiger partial charge >= 0.3 is 6.03 Å². The van der Waals surface area contributed by atoms with E-state index in [0.29, 0.717) is 36.5 Å². The molecule has 0 unspecified atom stereocenters. The van der Waals surface area contributed by atoms with Crippen LogP contribution in [0.1, 0.15) is 23.2 Å². The van der Waals surface area contributed by atoms with Crippen molar-refractivity contribution in [2.45, 2.75) is 18.4 Å². The average molecular weight is 374 g/mol. The molecule has 2 aromatic rings. The van der Waals surface area contributed by atoms with E-state index < -0.39 is 11.6 Å². The molecule has 9 heteroatoms. The number of hydrogen-bond acceptors (Lipinski definition) is 4. The van der Waals surface area contributed by atoms with Crippen molar-refractivity contribution in [2.24, 2.45) is 0 Å². The lowest BCUT2D eigenvalue weighted by molar-refractivity contribution is -0.125. The lowest BCUT2D eigenvalue weighted by Gasteiger charge is -2.36. The minimum Gasteiger partial charge on any atom is -0.338 e. The largest absolute Gasteiger partial charge is 0.338 e. The van der Waals surface area contributed by atoms with Gasteiger partial charge in [0.2, 0.25) is 0 Å². The Hall–Kier alpha value is -2.87. The summed E-state index contributed by atoms with van der Waals surface area (Å²) in [4.78, 5) is 37.7. The van der Waals surface area contributed by atoms with E-state index in [1.165, 1.54) is 6.20 Å². The molecule has 4 amide bonds. The highest BCUT2D eigenvalue weighted by Crippen LogP contribution is 2.26. The molecule has 2 N–H and O–H groups in total. The number of carbonyl (C=O) groups excluding carboxylic acids is 3. The van der Waals surface area contributed by atoms with Crippen molar-refractivity contribution >= 4 is 29.4 Å². The van der Waals surface area contributed by atoms with Crippen LogP contribution in [0.4, 0.5) is 4.79 Å². The van der Waals surface area contributed by atoms with Gasteiger partial charge in [-0.25, -0.2) is 9.48 Å². The smallest absolute Gasteiger partial charge is 0.322 e. The maximum atomic E-state index is 12.7. The number of aromatic nitrogens is 2. The summed E-state index contributed by atoms with van der Waals surface area (Å²) in [5, 5.41) is 9.80. The van der Waals surface area contributed by atoms with Crippen molar-refractivity contribution in [3.8, 4) is 5.69 Å². The second-order valence-corrected chi connectivity index (χ2v) is 6.87. The molecule has 1 spiro atoms. The van der Waals surface area contributed by atoms with Crippen molar-refractivity contribution in [1.29, 1.82) is 0 Å². The monoisotopic (exact) mass is 373 g/mol. The number of benzene rings is 1. The molecule has 2 saturated heterocycles. The molecule has 0 saturated carbocycles. The van der Waals surface area contributed by atoms with Crippen LogP contribution in [-0.4, -0.2) is 51.2 Å². The van der Waals surface area contributed by atoms with Gasteiger partial charge < -0.3 is 10.2 Å². The Morgan fingerprint density at radius 2 is 1.85 bits per heavy atom. The summed E-state index contributed by atoms with van der Waals surface area (Å²) >= 11 is 5.88. The third-order valence-electron chi connectivity index (χ3n) is 4.84. The van der Waals surface area contributed by atoms with E-state index in [9.17, 15) is 14.4 Å². The number of piperidine rings is 1. The Balaban J connectivity index is 1.45. The zero-order chi connectivity index (χ0) is 18.3. The van der Waals surface area contributed by atoms with Gasteiger partial charge in [-0.05, 0) is 37.1 Å². The number of rotatable bonds is 2. The first-order valence-electron chi connectivity index (χ1n) is 8.20. The Morgan fingerprint density at radius 3 is 2.46 bits per heavy atom. The molecule has 0 radical (unpaired) electrons. The summed E-state index contributed by atoms with van der Waals surface area (Å²) in [6, 6.07) is 6.67. The number of halogens is 1. The van der Waals surface area contributed by atoms with Gasteiger partial charge in [0, 0.05) is 24.3 Å². The summed E-state index contributed by atoms with van der Waals surface area (Å²) in [6.45, 7) is 0.775. The topological polar surface area (TPSA) is 96.3 Å². The molecule has 4 rings (SSSR count). The van der Waals surface area contributed by atoms with Crippen LogP contribution >= 0.6 is 11.6 Å². The third-order valence-corrected chi connectivity index (χ3v) is 5.09. The standard InChI is InChI=1S/C17H16ClN5O3/c18-12-1-3-13(4-2-12)23-10-11(9-19-23)14(24)22-7-5-17(6-8-22)15(25)20-16(26)21-17/h1-4,9-10H,5-8H2,(H2,20,21,25,26). The van der Waals surface area contributed by atoms with Gasteiger partial charge in [-0.3, -0.25) is 14.9 Å². The van der Waals surface area contributed by atoms with Gasteiger partial charge in [0.1, 0.15) is 5.54 Å². The quantitative estimate of drug-likeness (QED) is 0.776. The molecule has 0 atom stereocenters. The van der Waals surface area contributed by atoms with E-state index in [1.807, 2.05) is 12.1 Å². The Labute approximate surface area is 154 Å². The number of carbonyl (C=O) groups is 3. The molecule has 3 heterocycles. The Kier molecular flexibility index (Phi) is 3.91. The van der Waals surface area contributed by atoms with E-state index in [2.05, 4.69) is 15.7 Å². The van der Waals surface area contributed by atoms with Crippen molar-refractivity contribution < 1.29 is 14.4 Å². The van der Waals surface area contributed by atoms with Crippen LogP contribution in [0.25, 0.3) is 5.69 Å². The maximum Gasteiger partial charge on any atom is 0.322 e. The van der Waals surface area contributed by atoms with Crippen molar-refractivity contribution in [2.75, 3.05) is 13.1 Å². The second kappa shape index (κ2) is 6.14. The van der Waals surface area contributed by atoms with Gasteiger partial charge in [-0.2, -0.15) is 5.10 Å². The lowest BCUT2D eigenvalue weighted by Crippen LogP contribution is -2.55. The molecule has 2 aliphatic heterocycles. The highest BCUT2D eigenvalue weighted by Gasteiger charge is 2.48. The molecule has 0 aliphatic carbocycles. The van der Waals surface area contributed by atoms with Crippen LogP contribution in [0, 0.1) is 0 Å². The van der Waals surface area contributed by atoms with Gasteiger partial charge in [0.15, 0.2) is 0 Å². The molecular weight excluding hydrogens is 358 g/mol. The predicted octanol–water partition coefficient (Wildman–Crippen LogP) is 1.34. The second-order valence-electron chi connectivity index (χ2n) is 6.43. The van der Waals surface area contributed by atoms with Gasteiger partial charge in [-0.1, -0.05) is 11.6 Å². The molecule has 8 nitrogen and oxygen atoms in total. The molecular formula is C17H16ClN5O3. The van der Waals surface area contributed by atoms with Gasteiger partial charge in [0.05, 0.1) is 17.4 Å². The summed E-state index contributed by atoms with van der Waals surface area (Å²) < 4.78 is 1.61. The number of imide groups is 1. The summed E-state index contributed by atoms with van der Waals surface area (Å²) in [7, 11) is 0. The first kappa shape index (κ1) is 16.6. The van der Waals surface area contributed by atoms with Crippen LogP contribution in [0.3, 0.4) is 0 Å². The van der Waals surface area contributed by atoms with Crippen LogP contribution < -0.4 is 10.6 Å². The minimum absolute atomic E-state index is 0.148. The van der Waals surface area contributed by atoms with Gasteiger partial charge in [-0.15, -0.1) is 0 Å². The number of urea groups is 1. The average Bonchev–Trinajstić information content (AvgIpc) is 3.21. The minimum atomic E-state index is -0.888. The van der Waals surface area contributed by atoms with Crippen LogP contribution in [0.5, 0.6) is 0 Å². The number of likely N-dealkylation sites (tertiary alicyclic amines) is 1. The zero-order valence-electron chi connectivity index (χ0n) is 13.7. The van der Waals surface area contributed by atoms with Crippen molar-refractivity contribution in [1.82, 2.24) is 25.3 Å². The molecule has 26 heavy (non-hydrogen) atoms.